The van der Waals surface area contributed by atoms with E-state index in [2.05, 4.69) is 0 Å². The SMILES string of the molecule is COc1ccc(CCC(O)Cc2cccc(Cl)c2)cc1. The average molecular weight is 291 g/mol. The standard InChI is InChI=1S/C17H19ClO2/c1-20-17-9-6-13(7-10-17)5-8-16(19)12-14-3-2-4-15(18)11-14/h2-4,6-7,9-11,16,19H,5,8,12H2,1H3. The van der Waals surface area contributed by atoms with Crippen LogP contribution in [0.2, 0.25) is 5.02 Å². The van der Waals surface area contributed by atoms with Crippen LogP contribution in [0.15, 0.2) is 48.5 Å². The van der Waals surface area contributed by atoms with Crippen molar-refractivity contribution in [2.24, 2.45) is 0 Å². The summed E-state index contributed by atoms with van der Waals surface area (Å²) in [5.41, 5.74) is 2.27. The van der Waals surface area contributed by atoms with Gasteiger partial charge in [-0.25, -0.2) is 0 Å². The van der Waals surface area contributed by atoms with Crippen LogP contribution in [0.1, 0.15) is 17.5 Å². The first-order chi connectivity index (χ1) is 9.67. The van der Waals surface area contributed by atoms with E-state index in [1.807, 2.05) is 48.5 Å². The topological polar surface area (TPSA) is 29.5 Å². The van der Waals surface area contributed by atoms with Gasteiger partial charge in [-0.05, 0) is 54.7 Å². The highest BCUT2D eigenvalue weighted by molar-refractivity contribution is 6.30. The van der Waals surface area contributed by atoms with Crippen LogP contribution in [-0.2, 0) is 12.8 Å². The monoisotopic (exact) mass is 290 g/mol. The molecule has 0 bridgehead atoms. The summed E-state index contributed by atoms with van der Waals surface area (Å²) < 4.78 is 5.12. The van der Waals surface area contributed by atoms with Gasteiger partial charge in [0.1, 0.15) is 5.75 Å². The van der Waals surface area contributed by atoms with Gasteiger partial charge in [0.25, 0.3) is 0 Å². The number of aliphatic hydroxyl groups is 1. The third-order valence-electron chi connectivity index (χ3n) is 3.29. The maximum Gasteiger partial charge on any atom is 0.118 e. The van der Waals surface area contributed by atoms with Gasteiger partial charge in [0.15, 0.2) is 0 Å². The van der Waals surface area contributed by atoms with Crippen LogP contribution in [0.25, 0.3) is 0 Å². The molecule has 106 valence electrons. The van der Waals surface area contributed by atoms with Crippen molar-refractivity contribution in [2.45, 2.75) is 25.4 Å². The third kappa shape index (κ3) is 4.55. The van der Waals surface area contributed by atoms with Crippen LogP contribution in [0, 0.1) is 0 Å². The molecule has 0 aliphatic carbocycles. The Labute approximate surface area is 125 Å². The highest BCUT2D eigenvalue weighted by Crippen LogP contribution is 2.16. The van der Waals surface area contributed by atoms with Crippen molar-refractivity contribution in [3.63, 3.8) is 0 Å². The predicted octanol–water partition coefficient (Wildman–Crippen LogP) is 3.88. The summed E-state index contributed by atoms with van der Waals surface area (Å²) in [5, 5.41) is 10.8. The van der Waals surface area contributed by atoms with Crippen molar-refractivity contribution in [3.8, 4) is 5.75 Å². The van der Waals surface area contributed by atoms with E-state index in [1.54, 1.807) is 7.11 Å². The fourth-order valence-corrected chi connectivity index (χ4v) is 2.38. The molecule has 3 heteroatoms. The summed E-state index contributed by atoms with van der Waals surface area (Å²) in [4.78, 5) is 0. The maximum atomic E-state index is 10.1. The Hall–Kier alpha value is -1.51. The number of rotatable bonds is 6. The summed E-state index contributed by atoms with van der Waals surface area (Å²) in [5.74, 6) is 0.855. The summed E-state index contributed by atoms with van der Waals surface area (Å²) in [6, 6.07) is 15.6. The van der Waals surface area contributed by atoms with Crippen molar-refractivity contribution in [3.05, 3.63) is 64.7 Å². The second kappa shape index (κ2) is 7.32. The molecule has 20 heavy (non-hydrogen) atoms. The van der Waals surface area contributed by atoms with Crippen LogP contribution >= 0.6 is 11.6 Å². The number of ether oxygens (including phenoxy) is 1. The number of aryl methyl sites for hydroxylation is 1. The number of hydrogen-bond donors (Lipinski definition) is 1. The first-order valence-corrected chi connectivity index (χ1v) is 7.10. The molecule has 0 spiro atoms. The predicted molar refractivity (Wildman–Crippen MR) is 82.5 cm³/mol. The molecular formula is C17H19ClO2. The fraction of sp³-hybridized carbons (Fsp3) is 0.294. The van der Waals surface area contributed by atoms with Gasteiger partial charge in [0, 0.05) is 5.02 Å². The normalized spacial score (nSPS) is 12.2. The van der Waals surface area contributed by atoms with Crippen molar-refractivity contribution >= 4 is 11.6 Å². The lowest BCUT2D eigenvalue weighted by Crippen LogP contribution is -2.11. The second-order valence-electron chi connectivity index (χ2n) is 4.87. The number of benzene rings is 2. The van der Waals surface area contributed by atoms with Gasteiger partial charge in [0.2, 0.25) is 0 Å². The number of methoxy groups -OCH3 is 1. The highest BCUT2D eigenvalue weighted by atomic mass is 35.5. The molecule has 0 radical (unpaired) electrons. The zero-order valence-electron chi connectivity index (χ0n) is 11.6. The third-order valence-corrected chi connectivity index (χ3v) is 3.52. The lowest BCUT2D eigenvalue weighted by atomic mass is 10.0. The Bertz CT molecular complexity index is 537. The summed E-state index contributed by atoms with van der Waals surface area (Å²) in [6.45, 7) is 0. The van der Waals surface area contributed by atoms with Crippen LogP contribution in [-0.4, -0.2) is 18.3 Å². The number of halogens is 1. The molecule has 2 rings (SSSR count). The van der Waals surface area contributed by atoms with E-state index >= 15 is 0 Å². The molecule has 2 aromatic carbocycles. The van der Waals surface area contributed by atoms with Gasteiger partial charge < -0.3 is 9.84 Å². The number of aliphatic hydroxyl groups excluding tert-OH is 1. The molecule has 2 nitrogen and oxygen atoms in total. The van der Waals surface area contributed by atoms with Gasteiger partial charge in [0.05, 0.1) is 13.2 Å². The van der Waals surface area contributed by atoms with Crippen molar-refractivity contribution in [1.29, 1.82) is 0 Å². The molecule has 0 aliphatic rings. The van der Waals surface area contributed by atoms with Gasteiger partial charge in [-0.1, -0.05) is 35.9 Å². The molecule has 0 amide bonds. The van der Waals surface area contributed by atoms with E-state index in [1.165, 1.54) is 5.56 Å². The molecular weight excluding hydrogens is 272 g/mol. The molecule has 0 fully saturated rings. The van der Waals surface area contributed by atoms with Crippen LogP contribution in [0.4, 0.5) is 0 Å². The quantitative estimate of drug-likeness (QED) is 0.875. The fourth-order valence-electron chi connectivity index (χ4n) is 2.16. The van der Waals surface area contributed by atoms with E-state index in [4.69, 9.17) is 16.3 Å². The first-order valence-electron chi connectivity index (χ1n) is 6.73. The van der Waals surface area contributed by atoms with Gasteiger partial charge in [-0.2, -0.15) is 0 Å². The molecule has 0 saturated carbocycles. The second-order valence-corrected chi connectivity index (χ2v) is 5.31. The van der Waals surface area contributed by atoms with E-state index in [0.29, 0.717) is 11.4 Å². The van der Waals surface area contributed by atoms with Crippen molar-refractivity contribution in [1.82, 2.24) is 0 Å². The Morgan fingerprint density at radius 2 is 1.85 bits per heavy atom. The molecule has 1 atom stereocenters. The van der Waals surface area contributed by atoms with E-state index in [0.717, 1.165) is 24.2 Å². The molecule has 2 aromatic rings. The van der Waals surface area contributed by atoms with E-state index in [-0.39, 0.29) is 6.10 Å². The van der Waals surface area contributed by atoms with Gasteiger partial charge >= 0.3 is 0 Å². The smallest absolute Gasteiger partial charge is 0.118 e. The Morgan fingerprint density at radius 3 is 2.50 bits per heavy atom. The minimum atomic E-state index is -0.351. The van der Waals surface area contributed by atoms with Crippen molar-refractivity contribution in [2.75, 3.05) is 7.11 Å². The summed E-state index contributed by atoms with van der Waals surface area (Å²) in [6.07, 6.45) is 1.87. The maximum absolute atomic E-state index is 10.1. The zero-order chi connectivity index (χ0) is 14.4. The molecule has 1 N–H and O–H groups in total. The average Bonchev–Trinajstić information content (AvgIpc) is 2.46. The molecule has 0 heterocycles. The zero-order valence-corrected chi connectivity index (χ0v) is 12.3. The minimum absolute atomic E-state index is 0.351. The molecule has 1 unspecified atom stereocenters. The van der Waals surface area contributed by atoms with Gasteiger partial charge in [-0.3, -0.25) is 0 Å². The van der Waals surface area contributed by atoms with Gasteiger partial charge in [-0.15, -0.1) is 0 Å². The van der Waals surface area contributed by atoms with E-state index < -0.39 is 0 Å². The largest absolute Gasteiger partial charge is 0.497 e. The van der Waals surface area contributed by atoms with Crippen LogP contribution < -0.4 is 4.74 Å². The Balaban J connectivity index is 1.83. The summed E-state index contributed by atoms with van der Waals surface area (Å²) in [7, 11) is 1.66. The molecule has 0 aromatic heterocycles. The summed E-state index contributed by atoms with van der Waals surface area (Å²) >= 11 is 5.94. The minimum Gasteiger partial charge on any atom is -0.497 e. The highest BCUT2D eigenvalue weighted by Gasteiger charge is 2.06. The van der Waals surface area contributed by atoms with E-state index in [9.17, 15) is 5.11 Å². The molecule has 0 aliphatic heterocycles. The van der Waals surface area contributed by atoms with Crippen LogP contribution in [0.3, 0.4) is 0 Å². The van der Waals surface area contributed by atoms with Crippen molar-refractivity contribution < 1.29 is 9.84 Å². The Morgan fingerprint density at radius 1 is 1.10 bits per heavy atom. The molecule has 0 saturated heterocycles. The number of hydrogen-bond acceptors (Lipinski definition) is 2. The lowest BCUT2D eigenvalue weighted by Gasteiger charge is -2.11. The van der Waals surface area contributed by atoms with Crippen LogP contribution in [0.5, 0.6) is 5.75 Å². The Kier molecular flexibility index (Phi) is 5.45. The first kappa shape index (κ1) is 14.9. The lowest BCUT2D eigenvalue weighted by molar-refractivity contribution is 0.165.